The Kier molecular flexibility index (Phi) is 5.18. The van der Waals surface area contributed by atoms with Crippen molar-refractivity contribution in [1.82, 2.24) is 25.5 Å². The van der Waals surface area contributed by atoms with E-state index in [-0.39, 0.29) is 5.91 Å². The summed E-state index contributed by atoms with van der Waals surface area (Å²) in [7, 11) is 0. The molecule has 0 spiro atoms. The van der Waals surface area contributed by atoms with E-state index in [2.05, 4.69) is 27.8 Å². The predicted octanol–water partition coefficient (Wildman–Crippen LogP) is 1.48. The molecule has 1 heterocycles. The van der Waals surface area contributed by atoms with Crippen LogP contribution in [0.15, 0.2) is 5.16 Å². The van der Waals surface area contributed by atoms with Crippen LogP contribution in [0.1, 0.15) is 39.5 Å². The predicted molar refractivity (Wildman–Crippen MR) is 73.8 cm³/mol. The van der Waals surface area contributed by atoms with Gasteiger partial charge in [0.25, 0.3) is 0 Å². The van der Waals surface area contributed by atoms with Crippen LogP contribution < -0.4 is 5.32 Å². The summed E-state index contributed by atoms with van der Waals surface area (Å²) in [4.78, 5) is 11.9. The van der Waals surface area contributed by atoms with Crippen LogP contribution in [0.5, 0.6) is 0 Å². The Morgan fingerprint density at radius 1 is 1.47 bits per heavy atom. The summed E-state index contributed by atoms with van der Waals surface area (Å²) >= 11 is 1.39. The van der Waals surface area contributed by atoms with Crippen LogP contribution in [-0.4, -0.2) is 37.9 Å². The van der Waals surface area contributed by atoms with Crippen molar-refractivity contribution in [2.75, 3.05) is 5.75 Å². The number of carbonyl (C=O) groups is 1. The van der Waals surface area contributed by atoms with E-state index >= 15 is 0 Å². The van der Waals surface area contributed by atoms with Gasteiger partial charge in [-0.3, -0.25) is 4.79 Å². The number of nitrogens with one attached hydrogen (secondary N) is 1. The van der Waals surface area contributed by atoms with Crippen LogP contribution in [-0.2, 0) is 11.3 Å². The first kappa shape index (κ1) is 14.3. The average Bonchev–Trinajstić information content (AvgIpc) is 2.86. The second-order valence-corrected chi connectivity index (χ2v) is 5.94. The number of nitrogens with zero attached hydrogens (tertiary/aromatic N) is 4. The first-order chi connectivity index (χ1) is 9.20. The number of aromatic nitrogens is 4. The molecule has 0 aliphatic heterocycles. The van der Waals surface area contributed by atoms with Crippen LogP contribution in [0.25, 0.3) is 0 Å². The molecule has 7 heteroatoms. The lowest BCUT2D eigenvalue weighted by Gasteiger charge is -2.29. The molecule has 0 saturated heterocycles. The number of aryl methyl sites for hydroxylation is 1. The lowest BCUT2D eigenvalue weighted by atomic mass is 9.86. The second-order valence-electron chi connectivity index (χ2n) is 5.00. The van der Waals surface area contributed by atoms with E-state index in [1.165, 1.54) is 31.0 Å². The van der Waals surface area contributed by atoms with Crippen molar-refractivity contribution in [2.45, 2.75) is 57.3 Å². The zero-order valence-corrected chi connectivity index (χ0v) is 12.3. The standard InChI is InChI=1S/C12H21N5OS/c1-3-17-12(14-15-16-17)19-8-11(18)13-10-7-5-4-6-9(10)2/h9-10H,3-8H2,1-2H3,(H,13,18). The number of hydrogen-bond acceptors (Lipinski definition) is 5. The molecular formula is C12H21N5OS. The van der Waals surface area contributed by atoms with E-state index in [1.54, 1.807) is 4.68 Å². The van der Waals surface area contributed by atoms with Gasteiger partial charge >= 0.3 is 0 Å². The lowest BCUT2D eigenvalue weighted by molar-refractivity contribution is -0.119. The van der Waals surface area contributed by atoms with Gasteiger partial charge in [-0.25, -0.2) is 4.68 Å². The summed E-state index contributed by atoms with van der Waals surface area (Å²) in [5, 5.41) is 15.2. The molecule has 1 aliphatic rings. The molecule has 1 amide bonds. The molecule has 1 aromatic heterocycles. The number of rotatable bonds is 5. The van der Waals surface area contributed by atoms with Crippen molar-refractivity contribution in [3.05, 3.63) is 0 Å². The van der Waals surface area contributed by atoms with Gasteiger partial charge in [-0.2, -0.15) is 0 Å². The third kappa shape index (κ3) is 3.92. The summed E-state index contributed by atoms with van der Waals surface area (Å²) in [5.41, 5.74) is 0. The number of thioether (sulfide) groups is 1. The molecule has 106 valence electrons. The van der Waals surface area contributed by atoms with Gasteiger partial charge in [-0.05, 0) is 36.1 Å². The van der Waals surface area contributed by atoms with Crippen molar-refractivity contribution >= 4 is 17.7 Å². The molecular weight excluding hydrogens is 262 g/mol. The maximum absolute atomic E-state index is 11.9. The Hall–Kier alpha value is -1.11. The normalized spacial score (nSPS) is 23.3. The van der Waals surface area contributed by atoms with E-state index in [1.807, 2.05) is 6.92 Å². The quantitative estimate of drug-likeness (QED) is 0.829. The van der Waals surface area contributed by atoms with Crippen LogP contribution >= 0.6 is 11.8 Å². The fraction of sp³-hybridized carbons (Fsp3) is 0.833. The first-order valence-electron chi connectivity index (χ1n) is 6.89. The van der Waals surface area contributed by atoms with Crippen LogP contribution in [0, 0.1) is 5.92 Å². The summed E-state index contributed by atoms with van der Waals surface area (Å²) in [6.07, 6.45) is 4.82. The minimum absolute atomic E-state index is 0.0782. The van der Waals surface area contributed by atoms with Gasteiger partial charge in [0, 0.05) is 12.6 Å². The van der Waals surface area contributed by atoms with Crippen molar-refractivity contribution in [2.24, 2.45) is 5.92 Å². The van der Waals surface area contributed by atoms with Gasteiger partial charge in [0.2, 0.25) is 11.1 Å². The van der Waals surface area contributed by atoms with Crippen LogP contribution in [0.3, 0.4) is 0 Å². The van der Waals surface area contributed by atoms with Gasteiger partial charge in [0.05, 0.1) is 5.75 Å². The molecule has 2 rings (SSSR count). The Bertz CT molecular complexity index is 422. The van der Waals surface area contributed by atoms with Gasteiger partial charge < -0.3 is 5.32 Å². The summed E-state index contributed by atoms with van der Waals surface area (Å²) in [6, 6.07) is 0.337. The van der Waals surface area contributed by atoms with Crippen molar-refractivity contribution < 1.29 is 4.79 Å². The molecule has 2 atom stereocenters. The van der Waals surface area contributed by atoms with Crippen LogP contribution in [0.2, 0.25) is 0 Å². The monoisotopic (exact) mass is 283 g/mol. The van der Waals surface area contributed by atoms with E-state index in [0.29, 0.717) is 22.9 Å². The maximum Gasteiger partial charge on any atom is 0.230 e. The SMILES string of the molecule is CCn1nnnc1SCC(=O)NC1CCCCC1C. The molecule has 0 aromatic carbocycles. The van der Waals surface area contributed by atoms with E-state index in [0.717, 1.165) is 13.0 Å². The van der Waals surface area contributed by atoms with Crippen molar-refractivity contribution in [1.29, 1.82) is 0 Å². The molecule has 1 N–H and O–H groups in total. The van der Waals surface area contributed by atoms with Gasteiger partial charge in [-0.1, -0.05) is 31.5 Å². The average molecular weight is 283 g/mol. The molecule has 1 saturated carbocycles. The molecule has 6 nitrogen and oxygen atoms in total. The highest BCUT2D eigenvalue weighted by Crippen LogP contribution is 2.24. The smallest absolute Gasteiger partial charge is 0.230 e. The van der Waals surface area contributed by atoms with Gasteiger partial charge in [-0.15, -0.1) is 5.10 Å². The lowest BCUT2D eigenvalue weighted by Crippen LogP contribution is -2.41. The van der Waals surface area contributed by atoms with E-state index < -0.39 is 0 Å². The third-order valence-electron chi connectivity index (χ3n) is 3.59. The number of tetrazole rings is 1. The molecule has 19 heavy (non-hydrogen) atoms. The van der Waals surface area contributed by atoms with Crippen LogP contribution in [0.4, 0.5) is 0 Å². The summed E-state index contributed by atoms with van der Waals surface area (Å²) in [6.45, 7) is 4.91. The fourth-order valence-corrected chi connectivity index (χ4v) is 3.16. The molecule has 1 aliphatic carbocycles. The molecule has 0 bridgehead atoms. The molecule has 1 fully saturated rings. The molecule has 0 radical (unpaired) electrons. The zero-order chi connectivity index (χ0) is 13.7. The van der Waals surface area contributed by atoms with Gasteiger partial charge in [0.15, 0.2) is 0 Å². The number of amides is 1. The van der Waals surface area contributed by atoms with Gasteiger partial charge in [0.1, 0.15) is 0 Å². The number of hydrogen-bond donors (Lipinski definition) is 1. The first-order valence-corrected chi connectivity index (χ1v) is 7.87. The molecule has 2 unspecified atom stereocenters. The Morgan fingerprint density at radius 3 is 3.00 bits per heavy atom. The fourth-order valence-electron chi connectivity index (χ4n) is 2.41. The third-order valence-corrected chi connectivity index (χ3v) is 4.55. The van der Waals surface area contributed by atoms with Crippen molar-refractivity contribution in [3.63, 3.8) is 0 Å². The maximum atomic E-state index is 11.9. The highest BCUT2D eigenvalue weighted by Gasteiger charge is 2.22. The van der Waals surface area contributed by atoms with E-state index in [4.69, 9.17) is 0 Å². The minimum atomic E-state index is 0.0782. The summed E-state index contributed by atoms with van der Waals surface area (Å²) < 4.78 is 1.70. The largest absolute Gasteiger partial charge is 0.352 e. The van der Waals surface area contributed by atoms with Crippen molar-refractivity contribution in [3.8, 4) is 0 Å². The highest BCUT2D eigenvalue weighted by molar-refractivity contribution is 7.99. The topological polar surface area (TPSA) is 72.7 Å². The molecule has 1 aromatic rings. The van der Waals surface area contributed by atoms with E-state index in [9.17, 15) is 4.79 Å². The Labute approximate surface area is 117 Å². The Balaban J connectivity index is 1.78. The zero-order valence-electron chi connectivity index (χ0n) is 11.5. The second kappa shape index (κ2) is 6.88. The highest BCUT2D eigenvalue weighted by atomic mass is 32.2. The minimum Gasteiger partial charge on any atom is -0.352 e. The Morgan fingerprint density at radius 2 is 2.26 bits per heavy atom. The summed E-state index contributed by atoms with van der Waals surface area (Å²) in [5.74, 6) is 1.04. The number of carbonyl (C=O) groups excluding carboxylic acids is 1.